The third kappa shape index (κ3) is 12.4. The molecular formula is C21H35N2O7P. The molecule has 2 unspecified atom stereocenters. The lowest BCUT2D eigenvalue weighted by Crippen LogP contribution is -2.33. The Kier molecular flexibility index (Phi) is 12.2. The second-order valence-electron chi connectivity index (χ2n) is 7.89. The average molecular weight is 458 g/mol. The minimum atomic E-state index is -2.59. The molecule has 9 nitrogen and oxygen atoms in total. The average Bonchev–Trinajstić information content (AvgIpc) is 2.68. The van der Waals surface area contributed by atoms with Gasteiger partial charge in [0.1, 0.15) is 11.4 Å². The van der Waals surface area contributed by atoms with Crippen molar-refractivity contribution in [3.63, 3.8) is 0 Å². The number of rotatable bonds is 13. The molecule has 0 aliphatic rings. The maximum Gasteiger partial charge on any atom is 0.407 e. The molecule has 0 fully saturated rings. The van der Waals surface area contributed by atoms with Crippen molar-refractivity contribution in [2.24, 2.45) is 0 Å². The normalized spacial score (nSPS) is 13.2. The molecule has 0 aliphatic heterocycles. The van der Waals surface area contributed by atoms with Gasteiger partial charge in [0.05, 0.1) is 6.61 Å². The highest BCUT2D eigenvalue weighted by molar-refractivity contribution is 7.33. The van der Waals surface area contributed by atoms with Crippen LogP contribution in [0.2, 0.25) is 0 Å². The third-order valence-corrected chi connectivity index (χ3v) is 4.91. The number of alkyl carbamates (subject to hydrolysis) is 1. The van der Waals surface area contributed by atoms with Gasteiger partial charge in [0.2, 0.25) is 0 Å². The molecule has 1 aromatic carbocycles. The second-order valence-corrected chi connectivity index (χ2v) is 8.88. The highest BCUT2D eigenvalue weighted by Crippen LogP contribution is 2.28. The number of carbonyl (C=O) groups is 2. The number of carbonyl (C=O) groups excluding carboxylic acids is 2. The Balaban J connectivity index is 2.19. The topological polar surface area (TPSA) is 123 Å². The zero-order valence-corrected chi connectivity index (χ0v) is 19.7. The summed E-state index contributed by atoms with van der Waals surface area (Å²) < 4.78 is 26.6. The smallest absolute Gasteiger partial charge is 0.407 e. The second kappa shape index (κ2) is 14.1. The maximum absolute atomic E-state index is 12.1. The molecule has 0 radical (unpaired) electrons. The summed E-state index contributed by atoms with van der Waals surface area (Å²) in [7, 11) is -2.59. The number of aliphatic hydroxyl groups is 1. The lowest BCUT2D eigenvalue weighted by Gasteiger charge is -2.19. The standard InChI is InChI=1S/C21H35N2O7P/c1-5-28-31(27)30-17-12-10-16(11-13-17)18(24)19(25)22-14-8-6-7-9-15-23-20(26)29-21(2,3)4/h10-13,18,24,31H,5-9,14-15H2,1-4H3,(H,22,25)(H,23,26). The van der Waals surface area contributed by atoms with E-state index in [1.165, 1.54) is 12.1 Å². The molecule has 1 aromatic rings. The van der Waals surface area contributed by atoms with Crippen molar-refractivity contribution in [3.8, 4) is 5.75 Å². The van der Waals surface area contributed by atoms with Crippen LogP contribution in [-0.2, 0) is 18.6 Å². The summed E-state index contributed by atoms with van der Waals surface area (Å²) in [5.74, 6) is -0.141. The molecule has 176 valence electrons. The first kappa shape index (κ1) is 26.9. The fourth-order valence-corrected chi connectivity index (χ4v) is 3.15. The van der Waals surface area contributed by atoms with Crippen LogP contribution in [-0.4, -0.2) is 42.4 Å². The molecule has 0 aromatic heterocycles. The number of nitrogens with one attached hydrogen (secondary N) is 2. The molecule has 0 bridgehead atoms. The van der Waals surface area contributed by atoms with Crippen molar-refractivity contribution < 1.29 is 33.0 Å². The fourth-order valence-electron chi connectivity index (χ4n) is 2.53. The molecule has 0 spiro atoms. The van der Waals surface area contributed by atoms with E-state index < -0.39 is 32.0 Å². The molecule has 0 heterocycles. The van der Waals surface area contributed by atoms with Crippen molar-refractivity contribution in [3.05, 3.63) is 29.8 Å². The summed E-state index contributed by atoms with van der Waals surface area (Å²) in [6.07, 6.45) is 1.66. The van der Waals surface area contributed by atoms with Crippen molar-refractivity contribution in [2.75, 3.05) is 19.7 Å². The molecule has 31 heavy (non-hydrogen) atoms. The predicted molar refractivity (Wildman–Crippen MR) is 118 cm³/mol. The first-order valence-corrected chi connectivity index (χ1v) is 11.7. The van der Waals surface area contributed by atoms with Gasteiger partial charge in [-0.3, -0.25) is 4.79 Å². The molecule has 0 saturated carbocycles. The summed E-state index contributed by atoms with van der Waals surface area (Å²) in [6.45, 7) is 8.44. The molecule has 1 rings (SSSR count). The van der Waals surface area contributed by atoms with Crippen LogP contribution < -0.4 is 15.2 Å². The number of aliphatic hydroxyl groups excluding tert-OH is 1. The Hall–Kier alpha value is -2.09. The van der Waals surface area contributed by atoms with E-state index in [1.54, 1.807) is 19.1 Å². The number of unbranched alkanes of at least 4 members (excludes halogenated alkanes) is 3. The minimum absolute atomic E-state index is 0.289. The van der Waals surface area contributed by atoms with Gasteiger partial charge in [-0.05, 0) is 58.2 Å². The lowest BCUT2D eigenvalue weighted by molar-refractivity contribution is -0.129. The molecule has 2 amide bonds. The van der Waals surface area contributed by atoms with E-state index in [4.69, 9.17) is 13.8 Å². The molecular weight excluding hydrogens is 423 g/mol. The molecule has 0 saturated heterocycles. The van der Waals surface area contributed by atoms with E-state index in [9.17, 15) is 19.3 Å². The van der Waals surface area contributed by atoms with Gasteiger partial charge < -0.3 is 29.5 Å². The van der Waals surface area contributed by atoms with Crippen LogP contribution in [0.5, 0.6) is 5.75 Å². The minimum Gasteiger partial charge on any atom is -0.444 e. The molecule has 2 atom stereocenters. The van der Waals surface area contributed by atoms with E-state index >= 15 is 0 Å². The fraction of sp³-hybridized carbons (Fsp3) is 0.619. The summed E-state index contributed by atoms with van der Waals surface area (Å²) >= 11 is 0. The van der Waals surface area contributed by atoms with Gasteiger partial charge in [-0.2, -0.15) is 0 Å². The Morgan fingerprint density at radius 1 is 1.03 bits per heavy atom. The van der Waals surface area contributed by atoms with E-state index in [2.05, 4.69) is 10.6 Å². The van der Waals surface area contributed by atoms with Gasteiger partial charge in [0, 0.05) is 13.1 Å². The van der Waals surface area contributed by atoms with Gasteiger partial charge in [-0.15, -0.1) is 0 Å². The number of hydrogen-bond acceptors (Lipinski definition) is 7. The van der Waals surface area contributed by atoms with Crippen LogP contribution in [0.25, 0.3) is 0 Å². The van der Waals surface area contributed by atoms with Crippen LogP contribution >= 0.6 is 8.25 Å². The monoisotopic (exact) mass is 458 g/mol. The van der Waals surface area contributed by atoms with Gasteiger partial charge in [0.25, 0.3) is 5.91 Å². The van der Waals surface area contributed by atoms with Gasteiger partial charge in [-0.1, -0.05) is 25.0 Å². The zero-order chi connectivity index (χ0) is 23.3. The molecule has 0 aliphatic carbocycles. The van der Waals surface area contributed by atoms with Gasteiger partial charge in [-0.25, -0.2) is 9.36 Å². The van der Waals surface area contributed by atoms with E-state index in [1.807, 2.05) is 20.8 Å². The number of amides is 2. The van der Waals surface area contributed by atoms with Crippen molar-refractivity contribution >= 4 is 20.3 Å². The van der Waals surface area contributed by atoms with Crippen molar-refractivity contribution in [2.45, 2.75) is 65.1 Å². The quantitative estimate of drug-likeness (QED) is 0.304. The highest BCUT2D eigenvalue weighted by Gasteiger charge is 2.17. The van der Waals surface area contributed by atoms with E-state index in [0.29, 0.717) is 24.4 Å². The van der Waals surface area contributed by atoms with Crippen LogP contribution in [0, 0.1) is 0 Å². The summed E-state index contributed by atoms with van der Waals surface area (Å²) in [4.78, 5) is 23.6. The van der Waals surface area contributed by atoms with E-state index in [-0.39, 0.29) is 6.61 Å². The summed E-state index contributed by atoms with van der Waals surface area (Å²) in [5, 5.41) is 15.6. The highest BCUT2D eigenvalue weighted by atomic mass is 31.1. The largest absolute Gasteiger partial charge is 0.444 e. The van der Waals surface area contributed by atoms with Gasteiger partial charge >= 0.3 is 14.3 Å². The summed E-state index contributed by atoms with van der Waals surface area (Å²) in [6, 6.07) is 6.13. The van der Waals surface area contributed by atoms with Crippen LogP contribution in [0.4, 0.5) is 4.79 Å². The van der Waals surface area contributed by atoms with Crippen molar-refractivity contribution in [1.29, 1.82) is 0 Å². The maximum atomic E-state index is 12.1. The first-order chi connectivity index (χ1) is 14.6. The Bertz CT molecular complexity index is 705. The Morgan fingerprint density at radius 2 is 1.61 bits per heavy atom. The molecule has 3 N–H and O–H groups in total. The SMILES string of the molecule is CCO[PH](=O)Oc1ccc(C(O)C(=O)NCCCCCCNC(=O)OC(C)(C)C)cc1. The van der Waals surface area contributed by atoms with Crippen molar-refractivity contribution in [1.82, 2.24) is 10.6 Å². The number of ether oxygens (including phenoxy) is 1. The van der Waals surface area contributed by atoms with Crippen LogP contribution in [0.15, 0.2) is 24.3 Å². The van der Waals surface area contributed by atoms with E-state index in [0.717, 1.165) is 25.7 Å². The zero-order valence-electron chi connectivity index (χ0n) is 18.7. The van der Waals surface area contributed by atoms with Gasteiger partial charge in [0.15, 0.2) is 6.10 Å². The first-order valence-electron chi connectivity index (χ1n) is 10.5. The van der Waals surface area contributed by atoms with Crippen LogP contribution in [0.3, 0.4) is 0 Å². The lowest BCUT2D eigenvalue weighted by atomic mass is 10.1. The van der Waals surface area contributed by atoms with Crippen LogP contribution in [0.1, 0.15) is 65.0 Å². The third-order valence-electron chi connectivity index (χ3n) is 3.98. The Morgan fingerprint density at radius 3 is 2.16 bits per heavy atom. The summed E-state index contributed by atoms with van der Waals surface area (Å²) in [5.41, 5.74) is -0.0953. The predicted octanol–water partition coefficient (Wildman–Crippen LogP) is 3.73. The Labute approximate surface area is 184 Å². The number of hydrogen-bond donors (Lipinski definition) is 3. The number of benzene rings is 1. The molecule has 10 heteroatoms.